The average molecular weight is 255 g/mol. The molecule has 2 rings (SSSR count). The summed E-state index contributed by atoms with van der Waals surface area (Å²) < 4.78 is 13.1. The van der Waals surface area contributed by atoms with E-state index in [4.69, 9.17) is 11.0 Å². The van der Waals surface area contributed by atoms with Crippen molar-refractivity contribution in [3.63, 3.8) is 0 Å². The third kappa shape index (κ3) is 3.02. The standard InChI is InChI=1S/C15H14FN3/c1-19(10-11-3-2-4-14(18)7-11)15-6-5-13(16)8-12(15)9-17/h2-8H,10,18H2,1H3. The molecule has 0 aliphatic rings. The molecule has 2 aromatic rings. The lowest BCUT2D eigenvalue weighted by Crippen LogP contribution is -2.17. The molecule has 4 heteroatoms. The molecular weight excluding hydrogens is 241 g/mol. The summed E-state index contributed by atoms with van der Waals surface area (Å²) in [5.74, 6) is -0.405. The van der Waals surface area contributed by atoms with E-state index >= 15 is 0 Å². The molecule has 0 aliphatic heterocycles. The van der Waals surface area contributed by atoms with Crippen LogP contribution in [0.4, 0.5) is 15.8 Å². The van der Waals surface area contributed by atoms with Gasteiger partial charge in [0.2, 0.25) is 0 Å². The monoisotopic (exact) mass is 255 g/mol. The Kier molecular flexibility index (Phi) is 3.67. The van der Waals surface area contributed by atoms with Gasteiger partial charge in [0, 0.05) is 19.3 Å². The number of nitrogens with two attached hydrogens (primary N) is 1. The second kappa shape index (κ2) is 5.40. The van der Waals surface area contributed by atoms with Crippen LogP contribution < -0.4 is 10.6 Å². The number of hydrogen-bond acceptors (Lipinski definition) is 3. The first kappa shape index (κ1) is 12.9. The second-order valence-electron chi connectivity index (χ2n) is 4.37. The Balaban J connectivity index is 2.25. The van der Waals surface area contributed by atoms with E-state index in [0.717, 1.165) is 5.56 Å². The van der Waals surface area contributed by atoms with Crippen molar-refractivity contribution in [2.45, 2.75) is 6.54 Å². The van der Waals surface area contributed by atoms with Gasteiger partial charge >= 0.3 is 0 Å². The molecule has 2 aromatic carbocycles. The van der Waals surface area contributed by atoms with Gasteiger partial charge < -0.3 is 10.6 Å². The molecule has 0 aliphatic carbocycles. The maximum Gasteiger partial charge on any atom is 0.124 e. The number of benzene rings is 2. The summed E-state index contributed by atoms with van der Waals surface area (Å²) in [4.78, 5) is 1.90. The van der Waals surface area contributed by atoms with Gasteiger partial charge in [-0.15, -0.1) is 0 Å². The van der Waals surface area contributed by atoms with Crippen molar-refractivity contribution in [3.8, 4) is 6.07 Å². The summed E-state index contributed by atoms with van der Waals surface area (Å²) >= 11 is 0. The highest BCUT2D eigenvalue weighted by Crippen LogP contribution is 2.22. The summed E-state index contributed by atoms with van der Waals surface area (Å²) in [6.45, 7) is 0.603. The third-order valence-electron chi connectivity index (χ3n) is 2.86. The zero-order chi connectivity index (χ0) is 13.8. The Labute approximate surface area is 111 Å². The number of nitrogens with zero attached hydrogens (tertiary/aromatic N) is 2. The van der Waals surface area contributed by atoms with Gasteiger partial charge in [-0.3, -0.25) is 0 Å². The first-order valence-electron chi connectivity index (χ1n) is 5.85. The SMILES string of the molecule is CN(Cc1cccc(N)c1)c1ccc(F)cc1C#N. The van der Waals surface area contributed by atoms with Crippen LogP contribution in [0, 0.1) is 17.1 Å². The topological polar surface area (TPSA) is 53.0 Å². The van der Waals surface area contributed by atoms with Gasteiger partial charge in [-0.05, 0) is 35.9 Å². The minimum Gasteiger partial charge on any atom is -0.399 e. The average Bonchev–Trinajstić information content (AvgIpc) is 2.38. The zero-order valence-corrected chi connectivity index (χ0v) is 10.6. The number of nitriles is 1. The summed E-state index contributed by atoms with van der Waals surface area (Å²) in [5.41, 5.74) is 8.49. The Morgan fingerprint density at radius 3 is 2.74 bits per heavy atom. The number of halogens is 1. The van der Waals surface area contributed by atoms with Gasteiger partial charge in [0.15, 0.2) is 0 Å². The molecule has 19 heavy (non-hydrogen) atoms. The van der Waals surface area contributed by atoms with Gasteiger partial charge in [-0.2, -0.15) is 5.26 Å². The predicted octanol–water partition coefficient (Wildman–Crippen LogP) is 2.92. The van der Waals surface area contributed by atoms with Crippen LogP contribution in [0.25, 0.3) is 0 Å². The van der Waals surface area contributed by atoms with Gasteiger partial charge in [0.1, 0.15) is 11.9 Å². The van der Waals surface area contributed by atoms with E-state index < -0.39 is 5.82 Å². The zero-order valence-electron chi connectivity index (χ0n) is 10.6. The number of anilines is 2. The normalized spacial score (nSPS) is 9.95. The Morgan fingerprint density at radius 1 is 1.26 bits per heavy atom. The number of hydrogen-bond donors (Lipinski definition) is 1. The van der Waals surface area contributed by atoms with Gasteiger partial charge in [-0.1, -0.05) is 12.1 Å². The van der Waals surface area contributed by atoms with E-state index in [1.807, 2.05) is 42.3 Å². The van der Waals surface area contributed by atoms with Crippen molar-refractivity contribution in [3.05, 3.63) is 59.4 Å². The third-order valence-corrected chi connectivity index (χ3v) is 2.86. The van der Waals surface area contributed by atoms with Crippen molar-refractivity contribution < 1.29 is 4.39 Å². The Hall–Kier alpha value is -2.54. The van der Waals surface area contributed by atoms with E-state index in [9.17, 15) is 4.39 Å². The number of nitrogen functional groups attached to an aromatic ring is 1. The van der Waals surface area contributed by atoms with Crippen LogP contribution in [0.1, 0.15) is 11.1 Å². The van der Waals surface area contributed by atoms with E-state index in [0.29, 0.717) is 23.5 Å². The van der Waals surface area contributed by atoms with Crippen LogP contribution in [-0.4, -0.2) is 7.05 Å². The highest BCUT2D eigenvalue weighted by Gasteiger charge is 2.09. The second-order valence-corrected chi connectivity index (χ2v) is 4.37. The van der Waals surface area contributed by atoms with Gasteiger partial charge in [0.05, 0.1) is 11.3 Å². The fourth-order valence-corrected chi connectivity index (χ4v) is 1.98. The molecule has 96 valence electrons. The first-order chi connectivity index (χ1) is 9.10. The van der Waals surface area contributed by atoms with Crippen LogP contribution in [0.5, 0.6) is 0 Å². The van der Waals surface area contributed by atoms with Crippen molar-refractivity contribution in [1.29, 1.82) is 5.26 Å². The van der Waals surface area contributed by atoms with E-state index in [1.165, 1.54) is 12.1 Å². The lowest BCUT2D eigenvalue weighted by atomic mass is 10.1. The molecule has 0 fully saturated rings. The first-order valence-corrected chi connectivity index (χ1v) is 5.85. The lowest BCUT2D eigenvalue weighted by Gasteiger charge is -2.20. The summed E-state index contributed by atoms with van der Waals surface area (Å²) in [6.07, 6.45) is 0. The van der Waals surface area contributed by atoms with E-state index in [1.54, 1.807) is 6.07 Å². The summed E-state index contributed by atoms with van der Waals surface area (Å²) in [5, 5.41) is 9.04. The Bertz CT molecular complexity index is 632. The quantitative estimate of drug-likeness (QED) is 0.858. The molecular formula is C15H14FN3. The van der Waals surface area contributed by atoms with E-state index in [2.05, 4.69) is 0 Å². The van der Waals surface area contributed by atoms with Crippen LogP contribution >= 0.6 is 0 Å². The van der Waals surface area contributed by atoms with Gasteiger partial charge in [-0.25, -0.2) is 4.39 Å². The molecule has 0 saturated carbocycles. The maximum absolute atomic E-state index is 13.1. The highest BCUT2D eigenvalue weighted by molar-refractivity contribution is 5.59. The summed E-state index contributed by atoms with van der Waals surface area (Å²) in [6, 6.07) is 13.8. The molecule has 2 N–H and O–H groups in total. The fourth-order valence-electron chi connectivity index (χ4n) is 1.98. The highest BCUT2D eigenvalue weighted by atomic mass is 19.1. The molecule has 0 atom stereocenters. The van der Waals surface area contributed by atoms with Crippen molar-refractivity contribution in [2.75, 3.05) is 17.7 Å². The minimum atomic E-state index is -0.405. The lowest BCUT2D eigenvalue weighted by molar-refractivity contribution is 0.627. The summed E-state index contributed by atoms with van der Waals surface area (Å²) in [7, 11) is 1.86. The Morgan fingerprint density at radius 2 is 2.05 bits per heavy atom. The minimum absolute atomic E-state index is 0.325. The molecule has 3 nitrogen and oxygen atoms in total. The molecule has 0 saturated heterocycles. The largest absolute Gasteiger partial charge is 0.399 e. The van der Waals surface area contributed by atoms with Crippen molar-refractivity contribution >= 4 is 11.4 Å². The maximum atomic E-state index is 13.1. The fraction of sp³-hybridized carbons (Fsp3) is 0.133. The van der Waals surface area contributed by atoms with Crippen LogP contribution in [-0.2, 0) is 6.54 Å². The molecule has 0 amide bonds. The van der Waals surface area contributed by atoms with Crippen molar-refractivity contribution in [1.82, 2.24) is 0 Å². The molecule has 0 unspecified atom stereocenters. The van der Waals surface area contributed by atoms with Gasteiger partial charge in [0.25, 0.3) is 0 Å². The predicted molar refractivity (Wildman–Crippen MR) is 74.1 cm³/mol. The van der Waals surface area contributed by atoms with Crippen LogP contribution in [0.3, 0.4) is 0 Å². The molecule has 0 radical (unpaired) electrons. The van der Waals surface area contributed by atoms with Crippen LogP contribution in [0.15, 0.2) is 42.5 Å². The molecule has 0 heterocycles. The van der Waals surface area contributed by atoms with E-state index in [-0.39, 0.29) is 0 Å². The number of rotatable bonds is 3. The molecule has 0 spiro atoms. The molecule has 0 bridgehead atoms. The van der Waals surface area contributed by atoms with Crippen LogP contribution in [0.2, 0.25) is 0 Å². The smallest absolute Gasteiger partial charge is 0.124 e. The van der Waals surface area contributed by atoms with Crippen molar-refractivity contribution in [2.24, 2.45) is 0 Å². The molecule has 0 aromatic heterocycles.